The number of carbonyl (C=O) groups excluding carboxylic acids is 1. The lowest BCUT2D eigenvalue weighted by Gasteiger charge is -2.13. The highest BCUT2D eigenvalue weighted by Crippen LogP contribution is 2.39. The first-order valence-corrected chi connectivity index (χ1v) is 11.1. The van der Waals surface area contributed by atoms with E-state index in [1.165, 1.54) is 13.2 Å². The van der Waals surface area contributed by atoms with Crippen LogP contribution in [0.3, 0.4) is 0 Å². The number of allylic oxidation sites excluding steroid dienone is 2. The van der Waals surface area contributed by atoms with Crippen LogP contribution in [0.2, 0.25) is 5.02 Å². The Balaban J connectivity index is 1.91. The molecule has 0 heterocycles. The summed E-state index contributed by atoms with van der Waals surface area (Å²) in [4.78, 5) is 12.5. The normalized spacial score (nSPS) is 11.1. The van der Waals surface area contributed by atoms with Gasteiger partial charge in [0.1, 0.15) is 0 Å². The number of rotatable bonds is 10. The third-order valence-corrected chi connectivity index (χ3v) is 5.53. The van der Waals surface area contributed by atoms with Gasteiger partial charge < -0.3 is 24.1 Å². The van der Waals surface area contributed by atoms with E-state index in [2.05, 4.69) is 0 Å². The molecule has 7 heteroatoms. The second-order valence-corrected chi connectivity index (χ2v) is 7.93. The summed E-state index contributed by atoms with van der Waals surface area (Å²) >= 11 is 5.98. The first-order chi connectivity index (χ1) is 16.9. The maximum atomic E-state index is 12.5. The Morgan fingerprint density at radius 3 is 2.17 bits per heavy atom. The van der Waals surface area contributed by atoms with Gasteiger partial charge in [0, 0.05) is 10.6 Å². The largest absolute Gasteiger partial charge is 0.504 e. The molecule has 0 bridgehead atoms. The molecule has 0 saturated carbocycles. The van der Waals surface area contributed by atoms with Crippen LogP contribution in [0.1, 0.15) is 27.0 Å². The van der Waals surface area contributed by atoms with Gasteiger partial charge in [-0.25, -0.2) is 0 Å². The zero-order valence-corrected chi connectivity index (χ0v) is 20.8. The SMILES string of the molecule is COc1cc(C/C=C\C(=O)c2cccc(Cl)c2)c(/C=C\c2cc(OC)c(OC)c(OC)c2)cc1O. The standard InChI is InChI=1S/C28H27ClO6/c1-32-25-17-19(7-6-10-23(30)21-8-5-9-22(29)15-21)20(16-24(25)31)12-11-18-13-26(33-2)28(35-4)27(14-18)34-3/h5-6,8-17,31H,7H2,1-4H3/b10-6-,12-11-. The van der Waals surface area contributed by atoms with Crippen molar-refractivity contribution in [3.8, 4) is 28.7 Å². The number of benzene rings is 3. The molecule has 0 aliphatic rings. The second-order valence-electron chi connectivity index (χ2n) is 7.50. The van der Waals surface area contributed by atoms with Gasteiger partial charge in [-0.3, -0.25) is 4.79 Å². The quantitative estimate of drug-likeness (QED) is 0.204. The van der Waals surface area contributed by atoms with Gasteiger partial charge in [0.05, 0.1) is 28.4 Å². The molecule has 3 aromatic carbocycles. The minimum Gasteiger partial charge on any atom is -0.504 e. The molecule has 0 spiro atoms. The molecule has 0 unspecified atom stereocenters. The van der Waals surface area contributed by atoms with E-state index in [1.807, 2.05) is 24.3 Å². The Morgan fingerprint density at radius 1 is 0.886 bits per heavy atom. The van der Waals surface area contributed by atoms with Crippen LogP contribution in [0, 0.1) is 0 Å². The van der Waals surface area contributed by atoms with E-state index in [9.17, 15) is 9.90 Å². The fraction of sp³-hybridized carbons (Fsp3) is 0.179. The van der Waals surface area contributed by atoms with Crippen molar-refractivity contribution in [1.29, 1.82) is 0 Å². The number of hydrogen-bond acceptors (Lipinski definition) is 6. The van der Waals surface area contributed by atoms with Gasteiger partial charge in [-0.05, 0) is 65.6 Å². The minimum atomic E-state index is -0.146. The van der Waals surface area contributed by atoms with E-state index >= 15 is 0 Å². The lowest BCUT2D eigenvalue weighted by molar-refractivity contribution is 0.104. The van der Waals surface area contributed by atoms with Crippen LogP contribution in [-0.2, 0) is 6.42 Å². The number of carbonyl (C=O) groups is 1. The van der Waals surface area contributed by atoms with Crippen molar-refractivity contribution in [1.82, 2.24) is 0 Å². The Morgan fingerprint density at radius 2 is 1.57 bits per heavy atom. The molecule has 6 nitrogen and oxygen atoms in total. The Kier molecular flexibility index (Phi) is 8.81. The second kappa shape index (κ2) is 12.0. The number of ketones is 1. The van der Waals surface area contributed by atoms with Crippen LogP contribution < -0.4 is 18.9 Å². The molecule has 0 fully saturated rings. The van der Waals surface area contributed by atoms with Crippen molar-refractivity contribution in [2.24, 2.45) is 0 Å². The van der Waals surface area contributed by atoms with Gasteiger partial charge >= 0.3 is 0 Å². The van der Waals surface area contributed by atoms with Crippen molar-refractivity contribution in [3.63, 3.8) is 0 Å². The first kappa shape index (κ1) is 25.7. The molecule has 0 amide bonds. The molecule has 0 radical (unpaired) electrons. The van der Waals surface area contributed by atoms with Gasteiger partial charge in [-0.15, -0.1) is 0 Å². The van der Waals surface area contributed by atoms with E-state index < -0.39 is 0 Å². The molecular weight excluding hydrogens is 468 g/mol. The summed E-state index contributed by atoms with van der Waals surface area (Å²) in [6.45, 7) is 0. The first-order valence-electron chi connectivity index (χ1n) is 10.7. The average Bonchev–Trinajstić information content (AvgIpc) is 2.87. The summed E-state index contributed by atoms with van der Waals surface area (Å²) in [5.74, 6) is 1.79. The Bertz CT molecular complexity index is 1240. The third-order valence-electron chi connectivity index (χ3n) is 5.30. The van der Waals surface area contributed by atoms with Gasteiger partial charge in [-0.2, -0.15) is 0 Å². The molecule has 0 aliphatic heterocycles. The maximum Gasteiger partial charge on any atom is 0.203 e. The number of phenols is 1. The van der Waals surface area contributed by atoms with Crippen LogP contribution in [0.5, 0.6) is 28.7 Å². The predicted octanol–water partition coefficient (Wildman–Crippen LogP) is 6.23. The highest BCUT2D eigenvalue weighted by Gasteiger charge is 2.13. The van der Waals surface area contributed by atoms with E-state index in [1.54, 1.807) is 63.8 Å². The van der Waals surface area contributed by atoms with E-state index in [4.69, 9.17) is 30.5 Å². The summed E-state index contributed by atoms with van der Waals surface area (Å²) < 4.78 is 21.5. The van der Waals surface area contributed by atoms with E-state index in [-0.39, 0.29) is 11.5 Å². The van der Waals surface area contributed by atoms with E-state index in [0.29, 0.717) is 40.0 Å². The average molecular weight is 495 g/mol. The number of halogens is 1. The number of methoxy groups -OCH3 is 4. The van der Waals surface area contributed by atoms with Gasteiger partial charge in [0.15, 0.2) is 28.8 Å². The van der Waals surface area contributed by atoms with E-state index in [0.717, 1.165) is 16.7 Å². The third kappa shape index (κ3) is 6.37. The summed E-state index contributed by atoms with van der Waals surface area (Å²) in [7, 11) is 6.15. The van der Waals surface area contributed by atoms with Gasteiger partial charge in [0.2, 0.25) is 5.75 Å². The molecule has 0 saturated heterocycles. The van der Waals surface area contributed by atoms with Crippen molar-refractivity contribution in [3.05, 3.63) is 88.0 Å². The highest BCUT2D eigenvalue weighted by atomic mass is 35.5. The highest BCUT2D eigenvalue weighted by molar-refractivity contribution is 6.31. The van der Waals surface area contributed by atoms with Crippen molar-refractivity contribution >= 4 is 29.5 Å². The minimum absolute atomic E-state index is 0.0137. The topological polar surface area (TPSA) is 74.2 Å². The zero-order chi connectivity index (χ0) is 25.4. The van der Waals surface area contributed by atoms with Crippen LogP contribution in [-0.4, -0.2) is 39.3 Å². The van der Waals surface area contributed by atoms with Crippen LogP contribution >= 0.6 is 11.6 Å². The fourth-order valence-corrected chi connectivity index (χ4v) is 3.73. The molecule has 0 atom stereocenters. The number of hydrogen-bond donors (Lipinski definition) is 1. The Labute approximate surface area is 210 Å². The lowest BCUT2D eigenvalue weighted by atomic mass is 10.0. The van der Waals surface area contributed by atoms with Crippen molar-refractivity contribution < 1.29 is 28.8 Å². The zero-order valence-electron chi connectivity index (χ0n) is 20.0. The molecule has 182 valence electrons. The summed E-state index contributed by atoms with van der Waals surface area (Å²) in [5, 5.41) is 10.8. The number of ether oxygens (including phenoxy) is 4. The summed E-state index contributed by atoms with van der Waals surface area (Å²) in [5.41, 5.74) is 2.95. The van der Waals surface area contributed by atoms with Gasteiger partial charge in [-0.1, -0.05) is 42.0 Å². The number of aromatic hydroxyl groups is 1. The van der Waals surface area contributed by atoms with Crippen LogP contribution in [0.4, 0.5) is 0 Å². The molecule has 1 N–H and O–H groups in total. The van der Waals surface area contributed by atoms with Crippen molar-refractivity contribution in [2.75, 3.05) is 28.4 Å². The maximum absolute atomic E-state index is 12.5. The summed E-state index contributed by atoms with van der Waals surface area (Å²) in [6, 6.07) is 13.8. The Hall–Kier alpha value is -3.90. The molecule has 0 aliphatic carbocycles. The lowest BCUT2D eigenvalue weighted by Crippen LogP contribution is -1.96. The van der Waals surface area contributed by atoms with Gasteiger partial charge in [0.25, 0.3) is 0 Å². The number of phenolic OH excluding ortho intramolecular Hbond substituents is 1. The fourth-order valence-electron chi connectivity index (χ4n) is 3.54. The molecule has 3 rings (SSSR count). The monoisotopic (exact) mass is 494 g/mol. The predicted molar refractivity (Wildman–Crippen MR) is 138 cm³/mol. The molecule has 35 heavy (non-hydrogen) atoms. The van der Waals surface area contributed by atoms with Crippen molar-refractivity contribution in [2.45, 2.75) is 6.42 Å². The molecule has 3 aromatic rings. The van der Waals surface area contributed by atoms with Crippen LogP contribution in [0.15, 0.2) is 60.7 Å². The molecular formula is C28H27ClO6. The van der Waals surface area contributed by atoms with Crippen LogP contribution in [0.25, 0.3) is 12.2 Å². The molecule has 0 aromatic heterocycles. The smallest absolute Gasteiger partial charge is 0.203 e. The summed E-state index contributed by atoms with van der Waals surface area (Å²) in [6.07, 6.45) is 7.46.